The quantitative estimate of drug-likeness (QED) is 0.424. The van der Waals surface area contributed by atoms with Gasteiger partial charge in [0.1, 0.15) is 0 Å². The molecule has 0 bridgehead atoms. The number of aryl methyl sites for hydroxylation is 1. The molecular weight excluding hydrogens is 402 g/mol. The Labute approximate surface area is 184 Å². The van der Waals surface area contributed by atoms with Crippen LogP contribution in [0.3, 0.4) is 0 Å². The molecule has 0 aliphatic heterocycles. The second kappa shape index (κ2) is 8.31. The van der Waals surface area contributed by atoms with Crippen LogP contribution in [-0.4, -0.2) is 25.9 Å². The van der Waals surface area contributed by atoms with Crippen LogP contribution in [-0.2, 0) is 0 Å². The predicted molar refractivity (Wildman–Crippen MR) is 121 cm³/mol. The van der Waals surface area contributed by atoms with Gasteiger partial charge in [0, 0.05) is 29.0 Å². The molecule has 32 heavy (non-hydrogen) atoms. The molecule has 0 saturated carbocycles. The van der Waals surface area contributed by atoms with Crippen molar-refractivity contribution in [3.8, 4) is 28.6 Å². The van der Waals surface area contributed by atoms with Crippen LogP contribution in [0.5, 0.6) is 0 Å². The van der Waals surface area contributed by atoms with E-state index in [4.69, 9.17) is 4.42 Å². The SMILES string of the molecule is Cc1ccccc1-c1nnc(-c2ccc(C(=O)Nc3ccn(-c4ccccc4)n3)cc2)o1. The average Bonchev–Trinajstić information content (AvgIpc) is 3.50. The number of nitrogens with zero attached hydrogens (tertiary/aromatic N) is 4. The van der Waals surface area contributed by atoms with Crippen LogP contribution in [0.1, 0.15) is 15.9 Å². The fourth-order valence-electron chi connectivity index (χ4n) is 3.33. The highest BCUT2D eigenvalue weighted by Crippen LogP contribution is 2.26. The lowest BCUT2D eigenvalue weighted by Crippen LogP contribution is -2.12. The van der Waals surface area contributed by atoms with E-state index in [9.17, 15) is 4.79 Å². The van der Waals surface area contributed by atoms with E-state index in [1.165, 1.54) is 0 Å². The molecular formula is C25H19N5O2. The Kier molecular flexibility index (Phi) is 5.05. The van der Waals surface area contributed by atoms with Gasteiger partial charge in [0.05, 0.1) is 5.69 Å². The fourth-order valence-corrected chi connectivity index (χ4v) is 3.33. The summed E-state index contributed by atoms with van der Waals surface area (Å²) in [5.74, 6) is 1.09. The molecule has 3 aromatic carbocycles. The largest absolute Gasteiger partial charge is 0.416 e. The average molecular weight is 421 g/mol. The van der Waals surface area contributed by atoms with E-state index in [1.807, 2.05) is 61.5 Å². The normalized spacial score (nSPS) is 10.8. The first-order valence-electron chi connectivity index (χ1n) is 10.1. The van der Waals surface area contributed by atoms with Crippen LogP contribution >= 0.6 is 0 Å². The Morgan fingerprint density at radius 2 is 1.56 bits per heavy atom. The third-order valence-electron chi connectivity index (χ3n) is 5.05. The Hall–Kier alpha value is -4.52. The zero-order valence-corrected chi connectivity index (χ0v) is 17.3. The van der Waals surface area contributed by atoms with Crippen LogP contribution in [0.25, 0.3) is 28.6 Å². The third kappa shape index (κ3) is 3.91. The Balaban J connectivity index is 1.29. The maximum atomic E-state index is 12.6. The molecule has 7 heteroatoms. The highest BCUT2D eigenvalue weighted by molar-refractivity contribution is 6.03. The molecule has 0 unspecified atom stereocenters. The molecule has 0 aliphatic rings. The molecule has 0 aliphatic carbocycles. The molecule has 7 nitrogen and oxygen atoms in total. The number of carbonyl (C=O) groups excluding carboxylic acids is 1. The number of amides is 1. The van der Waals surface area contributed by atoms with Crippen molar-refractivity contribution < 1.29 is 9.21 Å². The lowest BCUT2D eigenvalue weighted by Gasteiger charge is -2.03. The number of hydrogen-bond donors (Lipinski definition) is 1. The van der Waals surface area contributed by atoms with E-state index in [1.54, 1.807) is 41.2 Å². The van der Waals surface area contributed by atoms with E-state index in [-0.39, 0.29) is 5.91 Å². The number of hydrogen-bond acceptors (Lipinski definition) is 5. The van der Waals surface area contributed by atoms with Crippen LogP contribution in [0.15, 0.2) is 95.5 Å². The van der Waals surface area contributed by atoms with Gasteiger partial charge in [-0.15, -0.1) is 10.2 Å². The van der Waals surface area contributed by atoms with Crippen molar-refractivity contribution in [1.82, 2.24) is 20.0 Å². The van der Waals surface area contributed by atoms with Crippen molar-refractivity contribution in [2.24, 2.45) is 0 Å². The number of rotatable bonds is 5. The van der Waals surface area contributed by atoms with Gasteiger partial charge in [-0.2, -0.15) is 5.10 Å². The summed E-state index contributed by atoms with van der Waals surface area (Å²) in [6, 6.07) is 26.3. The summed E-state index contributed by atoms with van der Waals surface area (Å²) in [6.45, 7) is 2.00. The summed E-state index contributed by atoms with van der Waals surface area (Å²) in [7, 11) is 0. The molecule has 0 spiro atoms. The standard InChI is InChI=1S/C25H19N5O2/c1-17-7-5-6-10-21(17)25-28-27-24(32-25)19-13-11-18(12-14-19)23(31)26-22-15-16-30(29-22)20-8-3-2-4-9-20/h2-16H,1H3,(H,26,29,31). The third-order valence-corrected chi connectivity index (χ3v) is 5.05. The van der Waals surface area contributed by atoms with Crippen molar-refractivity contribution in [2.45, 2.75) is 6.92 Å². The van der Waals surface area contributed by atoms with Crippen molar-refractivity contribution in [3.05, 3.63) is 102 Å². The summed E-state index contributed by atoms with van der Waals surface area (Å²) in [6.07, 6.45) is 1.80. The van der Waals surface area contributed by atoms with Gasteiger partial charge in [-0.05, 0) is 55.0 Å². The van der Waals surface area contributed by atoms with E-state index in [0.717, 1.165) is 22.4 Å². The molecule has 156 valence electrons. The molecule has 1 amide bonds. The summed E-state index contributed by atoms with van der Waals surface area (Å²) in [5, 5.41) is 15.5. The summed E-state index contributed by atoms with van der Waals surface area (Å²) in [4.78, 5) is 12.6. The number of carbonyl (C=O) groups is 1. The van der Waals surface area contributed by atoms with Gasteiger partial charge >= 0.3 is 0 Å². The zero-order valence-electron chi connectivity index (χ0n) is 17.3. The Bertz CT molecular complexity index is 1370. The highest BCUT2D eigenvalue weighted by atomic mass is 16.4. The fraction of sp³-hybridized carbons (Fsp3) is 0.0400. The summed E-state index contributed by atoms with van der Waals surface area (Å²) in [5.41, 5.74) is 4.12. The number of para-hydroxylation sites is 1. The van der Waals surface area contributed by atoms with Crippen LogP contribution in [0, 0.1) is 6.92 Å². The number of anilines is 1. The van der Waals surface area contributed by atoms with Gasteiger partial charge in [0.25, 0.3) is 5.91 Å². The number of aromatic nitrogens is 4. The smallest absolute Gasteiger partial charge is 0.256 e. The Morgan fingerprint density at radius 1 is 0.844 bits per heavy atom. The molecule has 1 N–H and O–H groups in total. The highest BCUT2D eigenvalue weighted by Gasteiger charge is 2.14. The first kappa shape index (κ1) is 19.4. The minimum Gasteiger partial charge on any atom is -0.416 e. The summed E-state index contributed by atoms with van der Waals surface area (Å²) >= 11 is 0. The zero-order chi connectivity index (χ0) is 21.9. The van der Waals surface area contributed by atoms with E-state index in [0.29, 0.717) is 23.2 Å². The van der Waals surface area contributed by atoms with Gasteiger partial charge < -0.3 is 9.73 Å². The lowest BCUT2D eigenvalue weighted by molar-refractivity contribution is 0.102. The van der Waals surface area contributed by atoms with Crippen molar-refractivity contribution in [1.29, 1.82) is 0 Å². The topological polar surface area (TPSA) is 85.8 Å². The van der Waals surface area contributed by atoms with Crippen molar-refractivity contribution in [3.63, 3.8) is 0 Å². The second-order valence-corrected chi connectivity index (χ2v) is 7.24. The lowest BCUT2D eigenvalue weighted by atomic mass is 10.1. The maximum Gasteiger partial charge on any atom is 0.256 e. The molecule has 0 saturated heterocycles. The van der Waals surface area contributed by atoms with E-state index >= 15 is 0 Å². The molecule has 2 heterocycles. The van der Waals surface area contributed by atoms with Crippen molar-refractivity contribution in [2.75, 3.05) is 5.32 Å². The van der Waals surface area contributed by atoms with E-state index in [2.05, 4.69) is 20.6 Å². The molecule has 5 aromatic rings. The number of nitrogens with one attached hydrogen (secondary N) is 1. The van der Waals surface area contributed by atoms with Gasteiger partial charge in [-0.3, -0.25) is 4.79 Å². The minimum absolute atomic E-state index is 0.249. The minimum atomic E-state index is -0.249. The second-order valence-electron chi connectivity index (χ2n) is 7.24. The maximum absolute atomic E-state index is 12.6. The van der Waals surface area contributed by atoms with Gasteiger partial charge in [0.2, 0.25) is 11.8 Å². The van der Waals surface area contributed by atoms with Crippen LogP contribution < -0.4 is 5.32 Å². The monoisotopic (exact) mass is 421 g/mol. The van der Waals surface area contributed by atoms with Gasteiger partial charge in [-0.25, -0.2) is 4.68 Å². The molecule has 2 aromatic heterocycles. The molecule has 0 atom stereocenters. The molecule has 0 radical (unpaired) electrons. The van der Waals surface area contributed by atoms with Crippen LogP contribution in [0.4, 0.5) is 5.82 Å². The van der Waals surface area contributed by atoms with Crippen molar-refractivity contribution >= 4 is 11.7 Å². The van der Waals surface area contributed by atoms with E-state index < -0.39 is 0 Å². The number of benzene rings is 3. The Morgan fingerprint density at radius 3 is 2.34 bits per heavy atom. The first-order chi connectivity index (χ1) is 15.7. The summed E-state index contributed by atoms with van der Waals surface area (Å²) < 4.78 is 7.55. The molecule has 0 fully saturated rings. The predicted octanol–water partition coefficient (Wildman–Crippen LogP) is 5.15. The van der Waals surface area contributed by atoms with Gasteiger partial charge in [-0.1, -0.05) is 36.4 Å². The van der Waals surface area contributed by atoms with Gasteiger partial charge in [0.15, 0.2) is 5.82 Å². The first-order valence-corrected chi connectivity index (χ1v) is 10.1. The molecule has 5 rings (SSSR count). The van der Waals surface area contributed by atoms with Crippen LogP contribution in [0.2, 0.25) is 0 Å².